The lowest BCUT2D eigenvalue weighted by Crippen LogP contribution is -2.80. The molecule has 2 bridgehead atoms. The standard InChI is InChI=1S/C17H24F6O3.C12H12F10O2.C12H23NO3.C8H15F3O3Si/c1-4-14(2,3)13(24)26-12-10-6-5-9(7-10)11(12)8-15(25,16(18,19)20)17(21,22)23;1-4-7(2,3)6(23)24-9(16)5(13)8(14,15)10(17,18)12(21,22)11(9,19)20;1-6-12(4,5)11(15)16-8-10(14)13-7-9(2)3;1-5-7(2,3)6(12)14-15(4,13)8(9,10)11/h9-12,25H,4-8H2,1-3H3;5H,4H2,1-3H3;9H,6-8H2,1-5H3,(H,13,14);13H,5H2,1-4H3. The van der Waals surface area contributed by atoms with E-state index in [4.69, 9.17) is 14.3 Å². The fourth-order valence-corrected chi connectivity index (χ4v) is 7.80. The summed E-state index contributed by atoms with van der Waals surface area (Å²) in [5.41, 5.74) is -9.07. The molecule has 3 aliphatic rings. The highest BCUT2D eigenvalue weighted by molar-refractivity contribution is 6.68. The third-order valence-electron chi connectivity index (χ3n) is 14.8. The Hall–Kier alpha value is -3.84. The number of nitrogens with one attached hydrogen (secondary N) is 1. The summed E-state index contributed by atoms with van der Waals surface area (Å²) < 4.78 is 266. The first-order chi connectivity index (χ1) is 35.7. The molecule has 0 radical (unpaired) electrons. The molecule has 3 fully saturated rings. The van der Waals surface area contributed by atoms with Crippen LogP contribution in [0.25, 0.3) is 0 Å². The van der Waals surface area contributed by atoms with E-state index in [2.05, 4.69) is 14.5 Å². The summed E-state index contributed by atoms with van der Waals surface area (Å²) in [6.45, 7) is 23.1. The second kappa shape index (κ2) is 26.2. The third kappa shape index (κ3) is 17.0. The van der Waals surface area contributed by atoms with Crippen LogP contribution in [-0.4, -0.2) is 127 Å². The van der Waals surface area contributed by atoms with Gasteiger partial charge in [0.25, 0.3) is 17.5 Å². The summed E-state index contributed by atoms with van der Waals surface area (Å²) in [5, 5.41) is 12.2. The molecule has 81 heavy (non-hydrogen) atoms. The van der Waals surface area contributed by atoms with Gasteiger partial charge >= 0.3 is 74.2 Å². The highest BCUT2D eigenvalue weighted by Crippen LogP contribution is 2.65. The number of fused-ring (bicyclic) bond motifs is 2. The summed E-state index contributed by atoms with van der Waals surface area (Å²) in [6.07, 6.45) is -16.8. The average Bonchev–Trinajstić information content (AvgIpc) is 3.93. The van der Waals surface area contributed by atoms with Gasteiger partial charge in [0.05, 0.1) is 21.7 Å². The first-order valence-electron chi connectivity index (χ1n) is 25.3. The van der Waals surface area contributed by atoms with Crippen LogP contribution < -0.4 is 5.32 Å². The van der Waals surface area contributed by atoms with E-state index in [9.17, 15) is 112 Å². The van der Waals surface area contributed by atoms with Gasteiger partial charge in [-0.1, -0.05) is 41.5 Å². The molecular weight excluding hydrogens is 1170 g/mol. The van der Waals surface area contributed by atoms with Crippen LogP contribution in [-0.2, 0) is 42.6 Å². The van der Waals surface area contributed by atoms with E-state index in [-0.39, 0.29) is 30.8 Å². The lowest BCUT2D eigenvalue weighted by atomic mass is 9.77. The first kappa shape index (κ1) is 77.2. The van der Waals surface area contributed by atoms with Crippen molar-refractivity contribution in [1.82, 2.24) is 5.32 Å². The molecule has 0 aromatic heterocycles. The van der Waals surface area contributed by atoms with Gasteiger partial charge in [0.1, 0.15) is 6.10 Å². The molecule has 478 valence electrons. The Morgan fingerprint density at radius 2 is 1.01 bits per heavy atom. The van der Waals surface area contributed by atoms with Crippen LogP contribution in [0, 0.1) is 45.3 Å². The topological polar surface area (TPSA) is 175 Å². The van der Waals surface area contributed by atoms with E-state index >= 15 is 0 Å². The number of carbonyl (C=O) groups is 5. The van der Waals surface area contributed by atoms with Gasteiger partial charge in [0.15, 0.2) is 6.61 Å². The zero-order valence-electron chi connectivity index (χ0n) is 47.3. The fourth-order valence-electron chi connectivity index (χ4n) is 7.05. The maximum atomic E-state index is 14.1. The number of carbonyl (C=O) groups excluding carboxylic acids is 5. The molecule has 0 heterocycles. The van der Waals surface area contributed by atoms with E-state index in [0.29, 0.717) is 57.5 Å². The zero-order chi connectivity index (χ0) is 65.0. The summed E-state index contributed by atoms with van der Waals surface area (Å²) in [5.74, 6) is -43.9. The maximum Gasteiger partial charge on any atom is 0.512 e. The smallest absolute Gasteiger partial charge is 0.488 e. The highest BCUT2D eigenvalue weighted by atomic mass is 28.4. The molecule has 7 unspecified atom stereocenters. The second-order valence-electron chi connectivity index (χ2n) is 23.3. The van der Waals surface area contributed by atoms with Crippen LogP contribution in [0.1, 0.15) is 148 Å². The van der Waals surface area contributed by atoms with Crippen LogP contribution in [0.15, 0.2) is 0 Å². The molecule has 3 N–H and O–H groups in total. The molecule has 3 rings (SSSR count). The molecule has 1 amide bonds. The van der Waals surface area contributed by atoms with Crippen molar-refractivity contribution in [2.45, 2.75) is 220 Å². The fraction of sp³-hybridized carbons (Fsp3) is 0.898. The first-order valence-corrected chi connectivity index (χ1v) is 27.7. The number of amides is 1. The molecule has 0 aromatic rings. The molecule has 0 spiro atoms. The zero-order valence-corrected chi connectivity index (χ0v) is 48.3. The van der Waals surface area contributed by atoms with E-state index in [1.807, 2.05) is 20.8 Å². The van der Waals surface area contributed by atoms with Crippen LogP contribution in [0.5, 0.6) is 0 Å². The Kier molecular flexibility index (Phi) is 24.9. The number of hydrogen-bond donors (Lipinski definition) is 3. The lowest BCUT2D eigenvalue weighted by Gasteiger charge is -2.49. The van der Waals surface area contributed by atoms with E-state index in [1.165, 1.54) is 20.8 Å². The van der Waals surface area contributed by atoms with Gasteiger partial charge in [-0.15, -0.1) is 0 Å². The minimum absolute atomic E-state index is 0.186. The van der Waals surface area contributed by atoms with E-state index in [0.717, 1.165) is 13.8 Å². The summed E-state index contributed by atoms with van der Waals surface area (Å²) >= 11 is 0. The van der Waals surface area contributed by atoms with Crippen LogP contribution in [0.3, 0.4) is 0 Å². The molecule has 3 saturated carbocycles. The minimum Gasteiger partial charge on any atom is -0.488 e. The number of rotatable bonds is 17. The van der Waals surface area contributed by atoms with Crippen LogP contribution in [0.2, 0.25) is 6.55 Å². The summed E-state index contributed by atoms with van der Waals surface area (Å²) in [6, 6.07) is 0. The minimum atomic E-state index is -7.03. The molecule has 0 aliphatic heterocycles. The molecule has 3 aliphatic carbocycles. The Labute approximate surface area is 457 Å². The van der Waals surface area contributed by atoms with Crippen molar-refractivity contribution in [3.05, 3.63) is 0 Å². The molecular formula is C49H74F19NO11Si. The molecule has 32 heteroatoms. The number of ether oxygens (including phenoxy) is 3. The maximum absolute atomic E-state index is 14.1. The molecule has 12 nitrogen and oxygen atoms in total. The van der Waals surface area contributed by atoms with Crippen molar-refractivity contribution in [3.8, 4) is 0 Å². The van der Waals surface area contributed by atoms with Gasteiger partial charge in [-0.05, 0) is 125 Å². The van der Waals surface area contributed by atoms with Crippen molar-refractivity contribution < 1.29 is 136 Å². The number of hydrogen-bond acceptors (Lipinski definition) is 11. The van der Waals surface area contributed by atoms with Gasteiger partial charge in [-0.3, -0.25) is 24.0 Å². The number of halogens is 19. The number of aliphatic hydroxyl groups is 1. The van der Waals surface area contributed by atoms with Crippen LogP contribution >= 0.6 is 0 Å². The quantitative estimate of drug-likeness (QED) is 0.0547. The third-order valence-corrected chi connectivity index (χ3v) is 16.5. The predicted molar refractivity (Wildman–Crippen MR) is 252 cm³/mol. The van der Waals surface area contributed by atoms with Crippen molar-refractivity contribution in [1.29, 1.82) is 0 Å². The summed E-state index contributed by atoms with van der Waals surface area (Å²) in [7, 11) is -4.94. The van der Waals surface area contributed by atoms with Gasteiger partial charge in [-0.25, -0.2) is 4.39 Å². The van der Waals surface area contributed by atoms with Gasteiger partial charge in [0, 0.05) is 18.9 Å². The van der Waals surface area contributed by atoms with Crippen molar-refractivity contribution in [2.24, 2.45) is 45.3 Å². The van der Waals surface area contributed by atoms with Crippen molar-refractivity contribution in [3.63, 3.8) is 0 Å². The number of alkyl halides is 19. The monoisotopic (exact) mass is 1240 g/mol. The van der Waals surface area contributed by atoms with Crippen molar-refractivity contribution >= 4 is 38.3 Å². The number of esters is 3. The van der Waals surface area contributed by atoms with E-state index < -0.39 is 132 Å². The highest BCUT2D eigenvalue weighted by Gasteiger charge is 2.97. The average molecular weight is 1240 g/mol. The Balaban J connectivity index is 0.00000108. The van der Waals surface area contributed by atoms with Gasteiger partial charge < -0.3 is 33.9 Å². The Morgan fingerprint density at radius 3 is 1.41 bits per heavy atom. The SMILES string of the molecule is CCC(C)(C)C(=O)OC1(F)C(F)C(F)(F)C(F)(F)C(F)(F)C1(F)F.CCC(C)(C)C(=O)OC1C2CCC(C2)C1CC(O)(C(F)(F)F)C(F)(F)F.CCC(C)(C)C(=O)OCC(=O)NCC(C)C.CCC(C)(C)C(=O)O[Si](C)(O)C(F)(F)F. The normalized spacial score (nSPS) is 25.0. The van der Waals surface area contributed by atoms with Gasteiger partial charge in [0.2, 0.25) is 6.17 Å². The molecule has 0 saturated heterocycles. The van der Waals surface area contributed by atoms with E-state index in [1.54, 1.807) is 41.5 Å². The Bertz CT molecular complexity index is 2130. The van der Waals surface area contributed by atoms with Gasteiger partial charge in [-0.2, -0.15) is 79.0 Å². The molecule has 7 atom stereocenters. The lowest BCUT2D eigenvalue weighted by molar-refractivity contribution is -0.474. The Morgan fingerprint density at radius 1 is 0.617 bits per heavy atom. The largest absolute Gasteiger partial charge is 0.512 e. The van der Waals surface area contributed by atoms with Crippen molar-refractivity contribution in [2.75, 3.05) is 13.2 Å². The summed E-state index contributed by atoms with van der Waals surface area (Å²) in [4.78, 5) is 67.0. The molecule has 0 aromatic carbocycles. The predicted octanol–water partition coefficient (Wildman–Crippen LogP) is 13.0. The van der Waals surface area contributed by atoms with Crippen LogP contribution in [0.4, 0.5) is 83.4 Å². The second-order valence-corrected chi connectivity index (χ2v) is 26.0.